The minimum Gasteiger partial charge on any atom is -0.462 e. The van der Waals surface area contributed by atoms with Crippen molar-refractivity contribution < 1.29 is 71.8 Å². The summed E-state index contributed by atoms with van der Waals surface area (Å²) in [5.41, 5.74) is 0. The van der Waals surface area contributed by atoms with Crippen molar-refractivity contribution in [2.24, 2.45) is 0 Å². The van der Waals surface area contributed by atoms with Gasteiger partial charge in [0.2, 0.25) is 0 Å². The maximum atomic E-state index is 12.7. The highest BCUT2D eigenvalue weighted by atomic mass is 31.2. The summed E-state index contributed by atoms with van der Waals surface area (Å²) in [4.78, 5) is 52.8. The minimum absolute atomic E-state index is 0.0650. The maximum Gasteiger partial charge on any atom is 0.472 e. The monoisotopic (exact) mass is 910 g/mol. The van der Waals surface area contributed by atoms with Gasteiger partial charge in [0.15, 0.2) is 6.10 Å². The molecule has 3 unspecified atom stereocenters. The summed E-state index contributed by atoms with van der Waals surface area (Å²) < 4.78 is 47.6. The van der Waals surface area contributed by atoms with Gasteiger partial charge in [0.25, 0.3) is 0 Å². The summed E-state index contributed by atoms with van der Waals surface area (Å²) in [6.07, 6.45) is 32.7. The van der Waals surface area contributed by atoms with Gasteiger partial charge in [-0.15, -0.1) is 0 Å². The lowest BCUT2D eigenvalue weighted by Gasteiger charge is -2.20. The van der Waals surface area contributed by atoms with Crippen LogP contribution in [0.5, 0.6) is 0 Å². The molecule has 0 saturated heterocycles. The second-order valence-electron chi connectivity index (χ2n) is 15.3. The molecular formula is C44H80O15P2. The van der Waals surface area contributed by atoms with Crippen LogP contribution < -0.4 is 0 Å². The van der Waals surface area contributed by atoms with Crippen LogP contribution in [-0.4, -0.2) is 92.8 Å². The van der Waals surface area contributed by atoms with Gasteiger partial charge < -0.3 is 39.5 Å². The van der Waals surface area contributed by atoms with E-state index in [-0.39, 0.29) is 32.1 Å². The first kappa shape index (κ1) is 59.0. The summed E-state index contributed by atoms with van der Waals surface area (Å²) in [7, 11) is -9.77. The molecule has 6 N–H and O–H groups in total. The predicted molar refractivity (Wildman–Crippen MR) is 237 cm³/mol. The van der Waals surface area contributed by atoms with Gasteiger partial charge >= 0.3 is 27.6 Å². The zero-order valence-corrected chi connectivity index (χ0v) is 38.8. The molecule has 5 atom stereocenters. The van der Waals surface area contributed by atoms with E-state index in [4.69, 9.17) is 23.8 Å². The number of phosphoric ester groups is 2. The molecule has 0 aromatic carbocycles. The van der Waals surface area contributed by atoms with E-state index in [0.29, 0.717) is 12.8 Å². The first-order valence-electron chi connectivity index (χ1n) is 22.5. The van der Waals surface area contributed by atoms with Gasteiger partial charge in [-0.05, 0) is 77.0 Å². The lowest BCUT2D eigenvalue weighted by Crippen LogP contribution is -2.30. The molecule has 61 heavy (non-hydrogen) atoms. The second kappa shape index (κ2) is 39.6. The predicted octanol–water partition coefficient (Wildman–Crippen LogP) is 9.39. The number of phosphoric acid groups is 2. The van der Waals surface area contributed by atoms with Gasteiger partial charge in [-0.1, -0.05) is 127 Å². The van der Waals surface area contributed by atoms with Crippen LogP contribution in [0.1, 0.15) is 168 Å². The lowest BCUT2D eigenvalue weighted by molar-refractivity contribution is -0.161. The van der Waals surface area contributed by atoms with E-state index in [9.17, 15) is 38.9 Å². The van der Waals surface area contributed by atoms with Crippen molar-refractivity contribution >= 4 is 27.6 Å². The van der Waals surface area contributed by atoms with Crippen molar-refractivity contribution in [3.63, 3.8) is 0 Å². The van der Waals surface area contributed by atoms with Crippen LogP contribution in [0.15, 0.2) is 48.6 Å². The third-order valence-corrected chi connectivity index (χ3v) is 10.8. The van der Waals surface area contributed by atoms with E-state index in [1.54, 1.807) is 6.08 Å². The standard InChI is InChI=1S/C44H80O15P2/c1-3-5-7-9-11-13-15-17-18-19-21-23-25-27-29-33-44(49)59-40(38-58-61(53,54)57-36-39(45)35-56-60(50,51)52)37-55-43(48)34-30-32-42(47)41(46)31-28-26-24-22-20-16-14-12-10-8-6-4-2/h12-15,20,22,26,28,39-42,45-47H,3-11,16-19,21,23-25,27,29-38H2,1-2H3,(H,53,54)(H2,50,51,52)/b14-12-,15-13-,22-20-,28-26-/t39-,40+,41?,42?/m0/s1. The molecule has 0 aromatic rings. The fourth-order valence-electron chi connectivity index (χ4n) is 5.80. The van der Waals surface area contributed by atoms with Gasteiger partial charge in [-0.25, -0.2) is 9.13 Å². The molecule has 0 amide bonds. The summed E-state index contributed by atoms with van der Waals surface area (Å²) in [6, 6.07) is 0. The number of hydrogen-bond acceptors (Lipinski definition) is 12. The molecule has 0 aliphatic rings. The van der Waals surface area contributed by atoms with E-state index >= 15 is 0 Å². The van der Waals surface area contributed by atoms with Crippen LogP contribution in [0.3, 0.4) is 0 Å². The Bertz CT molecular complexity index is 1300. The average Bonchev–Trinajstić information content (AvgIpc) is 3.21. The normalized spacial score (nSPS) is 15.5. The van der Waals surface area contributed by atoms with Crippen molar-refractivity contribution in [3.8, 4) is 0 Å². The minimum atomic E-state index is -4.89. The molecule has 0 aliphatic carbocycles. The van der Waals surface area contributed by atoms with Crippen LogP contribution in [0.4, 0.5) is 0 Å². The van der Waals surface area contributed by atoms with Crippen LogP contribution >= 0.6 is 15.6 Å². The van der Waals surface area contributed by atoms with E-state index in [1.165, 1.54) is 44.9 Å². The number of aliphatic hydroxyl groups is 3. The van der Waals surface area contributed by atoms with E-state index in [0.717, 1.165) is 64.2 Å². The van der Waals surface area contributed by atoms with Crippen LogP contribution in [-0.2, 0) is 41.8 Å². The molecule has 0 radical (unpaired) electrons. The number of esters is 2. The fourth-order valence-corrected chi connectivity index (χ4v) is 6.95. The SMILES string of the molecule is CCCCC/C=C\C/C=C\C/C=C\CC(O)C(O)CCCC(=O)OC[C@H](COP(=O)(O)OC[C@@H](O)COP(=O)(O)O)OC(=O)CCCCCCCCC/C=C\CCCCCC. The van der Waals surface area contributed by atoms with Crippen molar-refractivity contribution in [3.05, 3.63) is 48.6 Å². The van der Waals surface area contributed by atoms with E-state index in [2.05, 4.69) is 53.3 Å². The number of aliphatic hydroxyl groups excluding tert-OH is 3. The summed E-state index contributed by atoms with van der Waals surface area (Å²) in [5, 5.41) is 30.4. The summed E-state index contributed by atoms with van der Waals surface area (Å²) in [6.45, 7) is 1.39. The third-order valence-electron chi connectivity index (χ3n) is 9.38. The third kappa shape index (κ3) is 41.8. The molecule has 0 aromatic heterocycles. The van der Waals surface area contributed by atoms with E-state index < -0.39 is 78.4 Å². The van der Waals surface area contributed by atoms with Crippen LogP contribution in [0.25, 0.3) is 0 Å². The fraction of sp³-hybridized carbons (Fsp3) is 0.773. The Morgan fingerprint density at radius 2 is 1.00 bits per heavy atom. The quantitative estimate of drug-likeness (QED) is 0.0145. The number of carbonyl (C=O) groups excluding carboxylic acids is 2. The Balaban J connectivity index is 4.74. The van der Waals surface area contributed by atoms with Crippen LogP contribution in [0, 0.1) is 0 Å². The Morgan fingerprint density at radius 3 is 1.62 bits per heavy atom. The summed E-state index contributed by atoms with van der Waals surface area (Å²) >= 11 is 0. The maximum absolute atomic E-state index is 12.7. The molecular weight excluding hydrogens is 830 g/mol. The Hall–Kier alpha value is -2.00. The van der Waals surface area contributed by atoms with Crippen molar-refractivity contribution in [2.45, 2.75) is 192 Å². The highest BCUT2D eigenvalue weighted by Gasteiger charge is 2.28. The van der Waals surface area contributed by atoms with Gasteiger partial charge in [0.05, 0.1) is 32.0 Å². The first-order valence-corrected chi connectivity index (χ1v) is 25.5. The molecule has 15 nitrogen and oxygen atoms in total. The number of ether oxygens (including phenoxy) is 2. The highest BCUT2D eigenvalue weighted by molar-refractivity contribution is 7.47. The number of carbonyl (C=O) groups is 2. The zero-order valence-electron chi connectivity index (χ0n) is 37.0. The topological polar surface area (TPSA) is 236 Å². The molecule has 17 heteroatoms. The molecule has 0 bridgehead atoms. The van der Waals surface area contributed by atoms with Gasteiger partial charge in [0, 0.05) is 12.8 Å². The molecule has 0 aliphatic heterocycles. The first-order chi connectivity index (χ1) is 29.2. The van der Waals surface area contributed by atoms with Crippen molar-refractivity contribution in [2.75, 3.05) is 26.4 Å². The number of allylic oxidation sites excluding steroid dienone is 7. The molecule has 0 rings (SSSR count). The average molecular weight is 911 g/mol. The molecule has 356 valence electrons. The molecule has 0 heterocycles. The van der Waals surface area contributed by atoms with Crippen molar-refractivity contribution in [1.29, 1.82) is 0 Å². The number of rotatable bonds is 42. The molecule has 0 saturated carbocycles. The Morgan fingerprint density at radius 1 is 0.525 bits per heavy atom. The largest absolute Gasteiger partial charge is 0.472 e. The summed E-state index contributed by atoms with van der Waals surface area (Å²) in [5.74, 6) is -1.32. The van der Waals surface area contributed by atoms with Crippen LogP contribution in [0.2, 0.25) is 0 Å². The molecule has 0 spiro atoms. The molecule has 0 fully saturated rings. The number of hydrogen-bond donors (Lipinski definition) is 6. The van der Waals surface area contributed by atoms with Crippen molar-refractivity contribution in [1.82, 2.24) is 0 Å². The van der Waals surface area contributed by atoms with Gasteiger partial charge in [0.1, 0.15) is 12.7 Å². The zero-order chi connectivity index (χ0) is 45.5. The second-order valence-corrected chi connectivity index (χ2v) is 18.0. The Labute approximate surface area is 365 Å². The van der Waals surface area contributed by atoms with E-state index in [1.807, 2.05) is 12.2 Å². The van der Waals surface area contributed by atoms with Gasteiger partial charge in [-0.2, -0.15) is 0 Å². The smallest absolute Gasteiger partial charge is 0.462 e. The lowest BCUT2D eigenvalue weighted by atomic mass is 10.0. The Kier molecular flexibility index (Phi) is 38.3. The highest BCUT2D eigenvalue weighted by Crippen LogP contribution is 2.43. The van der Waals surface area contributed by atoms with Gasteiger partial charge in [-0.3, -0.25) is 23.2 Å². The number of unbranched alkanes of at least 4 members (excludes halogenated alkanes) is 14.